The maximum absolute atomic E-state index is 5.98. The van der Waals surface area contributed by atoms with Crippen molar-refractivity contribution in [3.8, 4) is 0 Å². The first-order valence-corrected chi connectivity index (χ1v) is 4.49. The molecule has 0 heterocycles. The normalized spacial score (nSPS) is 21.3. The Bertz CT molecular complexity index is 128. The molecule has 0 atom stereocenters. The van der Waals surface area contributed by atoms with Gasteiger partial charge in [-0.1, -0.05) is 13.8 Å². The van der Waals surface area contributed by atoms with E-state index in [0.29, 0.717) is 0 Å². The van der Waals surface area contributed by atoms with Gasteiger partial charge in [-0.2, -0.15) is 0 Å². The van der Waals surface area contributed by atoms with Crippen LogP contribution in [0.5, 0.6) is 0 Å². The molecule has 0 aliphatic heterocycles. The molecule has 66 valence electrons. The predicted octanol–water partition coefficient (Wildman–Crippen LogP) is 1.07. The molecular formula is C9H20N2. The Balaban J connectivity index is 2.15. The van der Waals surface area contributed by atoms with E-state index in [2.05, 4.69) is 25.8 Å². The fourth-order valence-corrected chi connectivity index (χ4v) is 1.54. The van der Waals surface area contributed by atoms with E-state index in [4.69, 9.17) is 5.73 Å². The second-order valence-electron chi connectivity index (χ2n) is 4.45. The molecule has 0 bridgehead atoms. The highest BCUT2D eigenvalue weighted by molar-refractivity contribution is 5.00. The summed E-state index contributed by atoms with van der Waals surface area (Å²) in [6, 6.07) is 0. The number of hydrogen-bond donors (Lipinski definition) is 1. The van der Waals surface area contributed by atoms with Crippen molar-refractivity contribution in [2.24, 2.45) is 11.7 Å². The van der Waals surface area contributed by atoms with Crippen molar-refractivity contribution in [2.75, 3.05) is 20.1 Å². The van der Waals surface area contributed by atoms with Crippen LogP contribution in [0.4, 0.5) is 0 Å². The third-order valence-corrected chi connectivity index (χ3v) is 2.15. The first kappa shape index (κ1) is 9.01. The fourth-order valence-electron chi connectivity index (χ4n) is 1.54. The zero-order valence-corrected chi connectivity index (χ0v) is 7.93. The van der Waals surface area contributed by atoms with Gasteiger partial charge in [0.05, 0.1) is 0 Å². The summed E-state index contributed by atoms with van der Waals surface area (Å²) in [5.74, 6) is 0.752. The number of hydrogen-bond acceptors (Lipinski definition) is 2. The summed E-state index contributed by atoms with van der Waals surface area (Å²) in [5.41, 5.74) is 6.17. The van der Waals surface area contributed by atoms with Gasteiger partial charge in [0.25, 0.3) is 0 Å². The highest BCUT2D eigenvalue weighted by Crippen LogP contribution is 2.32. The molecular weight excluding hydrogens is 136 g/mol. The van der Waals surface area contributed by atoms with Crippen molar-refractivity contribution in [3.05, 3.63) is 0 Å². The molecule has 0 saturated heterocycles. The number of nitrogens with two attached hydrogens (primary N) is 1. The summed E-state index contributed by atoms with van der Waals surface area (Å²) >= 11 is 0. The second kappa shape index (κ2) is 3.11. The SMILES string of the molecule is CC(C)CN(C)CC1(N)CC1. The van der Waals surface area contributed by atoms with E-state index in [9.17, 15) is 0 Å². The first-order valence-electron chi connectivity index (χ1n) is 4.49. The Morgan fingerprint density at radius 2 is 2.00 bits per heavy atom. The van der Waals surface area contributed by atoms with Crippen LogP contribution in [-0.4, -0.2) is 30.6 Å². The molecule has 1 aliphatic carbocycles. The van der Waals surface area contributed by atoms with Crippen molar-refractivity contribution in [2.45, 2.75) is 32.2 Å². The molecule has 1 rings (SSSR count). The molecule has 0 amide bonds. The van der Waals surface area contributed by atoms with Gasteiger partial charge in [0.2, 0.25) is 0 Å². The molecule has 0 aromatic carbocycles. The Morgan fingerprint density at radius 1 is 1.45 bits per heavy atom. The first-order chi connectivity index (χ1) is 5.02. The van der Waals surface area contributed by atoms with Crippen LogP contribution in [0.25, 0.3) is 0 Å². The molecule has 1 fully saturated rings. The molecule has 0 spiro atoms. The summed E-state index contributed by atoms with van der Waals surface area (Å²) in [6.07, 6.45) is 2.44. The van der Waals surface area contributed by atoms with Crippen LogP contribution in [0, 0.1) is 5.92 Å². The minimum Gasteiger partial charge on any atom is -0.324 e. The van der Waals surface area contributed by atoms with E-state index in [1.165, 1.54) is 19.4 Å². The number of likely N-dealkylation sites (N-methyl/N-ethyl adjacent to an activating group) is 1. The smallest absolute Gasteiger partial charge is 0.0284 e. The van der Waals surface area contributed by atoms with Crippen molar-refractivity contribution in [1.82, 2.24) is 4.90 Å². The quantitative estimate of drug-likeness (QED) is 0.659. The van der Waals surface area contributed by atoms with Crippen LogP contribution in [0.15, 0.2) is 0 Å². The third-order valence-electron chi connectivity index (χ3n) is 2.15. The lowest BCUT2D eigenvalue weighted by molar-refractivity contribution is 0.271. The predicted molar refractivity (Wildman–Crippen MR) is 48.5 cm³/mol. The second-order valence-corrected chi connectivity index (χ2v) is 4.45. The van der Waals surface area contributed by atoms with Crippen LogP contribution in [-0.2, 0) is 0 Å². The average Bonchev–Trinajstić information content (AvgIpc) is 2.44. The van der Waals surface area contributed by atoms with Gasteiger partial charge in [0.1, 0.15) is 0 Å². The molecule has 0 radical (unpaired) electrons. The van der Waals surface area contributed by atoms with Crippen molar-refractivity contribution in [1.29, 1.82) is 0 Å². The summed E-state index contributed by atoms with van der Waals surface area (Å²) in [5, 5.41) is 0. The molecule has 0 aromatic rings. The van der Waals surface area contributed by atoms with Gasteiger partial charge >= 0.3 is 0 Å². The lowest BCUT2D eigenvalue weighted by atomic mass is 10.2. The van der Waals surface area contributed by atoms with E-state index < -0.39 is 0 Å². The van der Waals surface area contributed by atoms with Crippen molar-refractivity contribution in [3.63, 3.8) is 0 Å². The Hall–Kier alpha value is -0.0800. The van der Waals surface area contributed by atoms with Gasteiger partial charge in [-0.25, -0.2) is 0 Å². The van der Waals surface area contributed by atoms with Crippen molar-refractivity contribution < 1.29 is 0 Å². The van der Waals surface area contributed by atoms with Gasteiger partial charge in [-0.3, -0.25) is 0 Å². The van der Waals surface area contributed by atoms with E-state index in [1.54, 1.807) is 0 Å². The van der Waals surface area contributed by atoms with Gasteiger partial charge in [-0.05, 0) is 25.8 Å². The highest BCUT2D eigenvalue weighted by Gasteiger charge is 2.38. The largest absolute Gasteiger partial charge is 0.324 e. The lowest BCUT2D eigenvalue weighted by Gasteiger charge is -2.22. The van der Waals surface area contributed by atoms with Crippen LogP contribution in [0.1, 0.15) is 26.7 Å². The Kier molecular flexibility index (Phi) is 2.55. The third kappa shape index (κ3) is 3.21. The monoisotopic (exact) mass is 156 g/mol. The molecule has 0 aromatic heterocycles. The molecule has 1 saturated carbocycles. The van der Waals surface area contributed by atoms with Crippen LogP contribution < -0.4 is 5.73 Å². The molecule has 1 aliphatic rings. The van der Waals surface area contributed by atoms with Gasteiger partial charge in [0.15, 0.2) is 0 Å². The Morgan fingerprint density at radius 3 is 2.36 bits per heavy atom. The molecule has 2 N–H and O–H groups in total. The van der Waals surface area contributed by atoms with Crippen LogP contribution >= 0.6 is 0 Å². The van der Waals surface area contributed by atoms with Crippen molar-refractivity contribution >= 4 is 0 Å². The topological polar surface area (TPSA) is 29.3 Å². The fraction of sp³-hybridized carbons (Fsp3) is 1.00. The summed E-state index contributed by atoms with van der Waals surface area (Å²) < 4.78 is 0. The maximum atomic E-state index is 5.98. The van der Waals surface area contributed by atoms with Gasteiger partial charge < -0.3 is 10.6 Å². The van der Waals surface area contributed by atoms with Crippen LogP contribution in [0.3, 0.4) is 0 Å². The standard InChI is InChI=1S/C9H20N2/c1-8(2)6-11(3)7-9(10)4-5-9/h8H,4-7,10H2,1-3H3. The zero-order valence-electron chi connectivity index (χ0n) is 7.93. The molecule has 0 unspecified atom stereocenters. The van der Waals surface area contributed by atoms with Crippen LogP contribution in [0.2, 0.25) is 0 Å². The Labute approximate surface area is 69.8 Å². The zero-order chi connectivity index (χ0) is 8.48. The maximum Gasteiger partial charge on any atom is 0.0284 e. The molecule has 2 nitrogen and oxygen atoms in total. The summed E-state index contributed by atoms with van der Waals surface area (Å²) in [4.78, 5) is 2.34. The van der Waals surface area contributed by atoms with Gasteiger partial charge in [-0.15, -0.1) is 0 Å². The van der Waals surface area contributed by atoms with Gasteiger partial charge in [0, 0.05) is 18.6 Å². The number of nitrogens with zero attached hydrogens (tertiary/aromatic N) is 1. The van der Waals surface area contributed by atoms with E-state index in [1.807, 2.05) is 0 Å². The number of rotatable bonds is 4. The van der Waals surface area contributed by atoms with E-state index >= 15 is 0 Å². The lowest BCUT2D eigenvalue weighted by Crippen LogP contribution is -2.38. The summed E-state index contributed by atoms with van der Waals surface area (Å²) in [6.45, 7) is 6.73. The van der Waals surface area contributed by atoms with E-state index in [-0.39, 0.29) is 5.54 Å². The van der Waals surface area contributed by atoms with E-state index in [0.717, 1.165) is 12.5 Å². The minimum absolute atomic E-state index is 0.184. The molecule has 2 heteroatoms. The minimum atomic E-state index is 0.184. The summed E-state index contributed by atoms with van der Waals surface area (Å²) in [7, 11) is 2.16. The average molecular weight is 156 g/mol. The highest BCUT2D eigenvalue weighted by atomic mass is 15.1. The molecule has 11 heavy (non-hydrogen) atoms.